The molecule has 7 heteroatoms. The van der Waals surface area contributed by atoms with Crippen LogP contribution in [-0.4, -0.2) is 76.0 Å². The lowest BCUT2D eigenvalue weighted by Gasteiger charge is -2.36. The van der Waals surface area contributed by atoms with Gasteiger partial charge in [-0.25, -0.2) is 0 Å². The molecule has 0 aliphatic rings. The summed E-state index contributed by atoms with van der Waals surface area (Å²) in [4.78, 5) is 4.55. The number of nitrogens with zero attached hydrogens (tertiary/aromatic N) is 3. The van der Waals surface area contributed by atoms with E-state index in [1.54, 1.807) is 0 Å². The number of likely N-dealkylation sites (N-methyl/N-ethyl adjacent to an activating group) is 1. The monoisotopic (exact) mass is 565 g/mol. The van der Waals surface area contributed by atoms with Gasteiger partial charge in [0.1, 0.15) is 5.75 Å². The van der Waals surface area contributed by atoms with Crippen molar-refractivity contribution in [2.45, 2.75) is 58.7 Å². The van der Waals surface area contributed by atoms with Crippen LogP contribution in [-0.2, 0) is 4.43 Å². The first-order valence-electron chi connectivity index (χ1n) is 14.1. The molecule has 0 bridgehead atoms. The molecule has 5 nitrogen and oxygen atoms in total. The van der Waals surface area contributed by atoms with E-state index >= 15 is 0 Å². The van der Waals surface area contributed by atoms with Gasteiger partial charge in [-0.05, 0) is 100 Å². The quantitative estimate of drug-likeness (QED) is 0.123. The summed E-state index contributed by atoms with van der Waals surface area (Å²) in [6.07, 6.45) is 2.16. The van der Waals surface area contributed by atoms with Gasteiger partial charge in [-0.15, -0.1) is 0 Å². The molecule has 0 N–H and O–H groups in total. The first kappa shape index (κ1) is 31.3. The molecule has 0 fully saturated rings. The van der Waals surface area contributed by atoms with Crippen molar-refractivity contribution < 1.29 is 9.16 Å². The minimum Gasteiger partial charge on any atom is -0.494 e. The van der Waals surface area contributed by atoms with Crippen molar-refractivity contribution in [3.8, 4) is 28.8 Å². The van der Waals surface area contributed by atoms with E-state index in [4.69, 9.17) is 13.5 Å². The number of hydrogen-bond acceptors (Lipinski definition) is 6. The predicted octanol–water partition coefficient (Wildman–Crippen LogP) is 7.38. The maximum absolute atomic E-state index is 6.36. The van der Waals surface area contributed by atoms with E-state index in [0.29, 0.717) is 0 Å². The van der Waals surface area contributed by atoms with Crippen LogP contribution in [0.4, 0.5) is 0 Å². The minimum absolute atomic E-state index is 0.262. The van der Waals surface area contributed by atoms with Crippen molar-refractivity contribution >= 4 is 29.9 Å². The fraction of sp³-hybridized carbons (Fsp3) is 0.531. The Hall–Kier alpha value is -2.21. The van der Waals surface area contributed by atoms with E-state index in [1.807, 2.05) is 14.1 Å². The first-order valence-corrected chi connectivity index (χ1v) is 17.8. The number of hydrogen-bond donors (Lipinski definition) is 0. The van der Waals surface area contributed by atoms with Gasteiger partial charge in [0.15, 0.2) is 8.32 Å². The average molecular weight is 566 g/mol. The molecule has 212 valence electrons. The zero-order chi connectivity index (χ0) is 28.5. The summed E-state index contributed by atoms with van der Waals surface area (Å²) in [5.41, 5.74) is 3.16. The van der Waals surface area contributed by atoms with Gasteiger partial charge in [0, 0.05) is 29.7 Å². The van der Waals surface area contributed by atoms with Crippen LogP contribution in [0.2, 0.25) is 18.1 Å². The summed E-state index contributed by atoms with van der Waals surface area (Å²) in [7, 11) is 2.38. The summed E-state index contributed by atoms with van der Waals surface area (Å²) < 4.78 is 18.4. The summed E-state index contributed by atoms with van der Waals surface area (Å²) in [6.45, 7) is 19.2. The van der Waals surface area contributed by atoms with Gasteiger partial charge >= 0.3 is 0 Å². The van der Waals surface area contributed by atoms with Crippen LogP contribution in [0.5, 0.6) is 5.75 Å². The largest absolute Gasteiger partial charge is 0.494 e. The van der Waals surface area contributed by atoms with Gasteiger partial charge in [-0.1, -0.05) is 51.7 Å². The Morgan fingerprint density at radius 1 is 0.974 bits per heavy atom. The Labute approximate surface area is 241 Å². The molecular weight excluding hydrogens is 519 g/mol. The van der Waals surface area contributed by atoms with E-state index in [9.17, 15) is 0 Å². The highest BCUT2D eigenvalue weighted by atomic mass is 32.1. The second-order valence-corrected chi connectivity index (χ2v) is 17.5. The molecule has 0 unspecified atom stereocenters. The minimum atomic E-state index is -1.67. The summed E-state index contributed by atoms with van der Waals surface area (Å²) >= 11 is 1.53. The molecule has 39 heavy (non-hydrogen) atoms. The van der Waals surface area contributed by atoms with Crippen molar-refractivity contribution in [2.75, 3.05) is 53.5 Å². The highest BCUT2D eigenvalue weighted by molar-refractivity contribution is 7.13. The van der Waals surface area contributed by atoms with Crippen LogP contribution in [0.1, 0.15) is 46.1 Å². The van der Waals surface area contributed by atoms with Crippen molar-refractivity contribution in [1.29, 1.82) is 0 Å². The highest BCUT2D eigenvalue weighted by Gasteiger charge is 2.36. The van der Waals surface area contributed by atoms with Gasteiger partial charge in [0.2, 0.25) is 0 Å². The maximum atomic E-state index is 6.36. The zero-order valence-electron chi connectivity index (χ0n) is 25.3. The Morgan fingerprint density at radius 2 is 1.72 bits per heavy atom. The highest BCUT2D eigenvalue weighted by Crippen LogP contribution is 2.36. The molecule has 0 amide bonds. The van der Waals surface area contributed by atoms with E-state index < -0.39 is 8.32 Å². The van der Waals surface area contributed by atoms with Gasteiger partial charge in [0.05, 0.1) is 23.5 Å². The molecule has 0 radical (unpaired) electrons. The van der Waals surface area contributed by atoms with Crippen LogP contribution in [0, 0.1) is 11.8 Å². The molecule has 0 saturated carbocycles. The lowest BCUT2D eigenvalue weighted by molar-refractivity contribution is 0.197. The van der Waals surface area contributed by atoms with Crippen molar-refractivity contribution in [1.82, 2.24) is 14.2 Å². The van der Waals surface area contributed by atoms with E-state index in [2.05, 4.69) is 105 Å². The molecule has 3 rings (SSSR count). The Bertz CT molecular complexity index is 1240. The Morgan fingerprint density at radius 3 is 2.38 bits per heavy atom. The summed E-state index contributed by atoms with van der Waals surface area (Å²) in [6, 6.07) is 14.7. The number of benzene rings is 2. The molecule has 0 saturated heterocycles. The number of aromatic nitrogens is 1. The molecule has 0 aliphatic heterocycles. The fourth-order valence-corrected chi connectivity index (χ4v) is 5.79. The predicted molar refractivity (Wildman–Crippen MR) is 170 cm³/mol. The number of unbranched alkanes of at least 4 members (excludes halogenated alkanes) is 1. The molecule has 0 atom stereocenters. The molecule has 1 heterocycles. The second-order valence-electron chi connectivity index (χ2n) is 11.9. The van der Waals surface area contributed by atoms with Crippen molar-refractivity contribution in [3.63, 3.8) is 0 Å². The van der Waals surface area contributed by atoms with Gasteiger partial charge in [-0.2, -0.15) is 4.37 Å². The SMILES string of the molecule is CCN(CCCCOc1ccc2c(-c3ccc(C#CCN(C)C)cc3)nsc2c1)CCO[Si](C)(C)C(C)(C)C. The second kappa shape index (κ2) is 14.4. The van der Waals surface area contributed by atoms with E-state index in [0.717, 1.165) is 84.9 Å². The lowest BCUT2D eigenvalue weighted by atomic mass is 10.1. The molecule has 3 aromatic rings. The van der Waals surface area contributed by atoms with Crippen molar-refractivity contribution in [2.24, 2.45) is 0 Å². The Kier molecular flexibility index (Phi) is 11.6. The smallest absolute Gasteiger partial charge is 0.192 e. The third-order valence-electron chi connectivity index (χ3n) is 7.49. The summed E-state index contributed by atoms with van der Waals surface area (Å²) in [5, 5.41) is 1.43. The van der Waals surface area contributed by atoms with Crippen LogP contribution in [0.25, 0.3) is 21.3 Å². The first-order chi connectivity index (χ1) is 18.5. The maximum Gasteiger partial charge on any atom is 0.192 e. The molecular formula is C32H47N3O2SSi. The number of fused-ring (bicyclic) bond motifs is 1. The fourth-order valence-electron chi connectivity index (χ4n) is 3.93. The van der Waals surface area contributed by atoms with Crippen LogP contribution >= 0.6 is 11.5 Å². The van der Waals surface area contributed by atoms with E-state index in [1.165, 1.54) is 11.5 Å². The third kappa shape index (κ3) is 9.44. The molecule has 2 aromatic carbocycles. The normalized spacial score (nSPS) is 12.3. The van der Waals surface area contributed by atoms with Crippen LogP contribution in [0.3, 0.4) is 0 Å². The standard InChI is InChI=1S/C32H47N3O2SSi/c1-9-35(22-24-37-39(7,8)32(2,3)4)21-10-11-23-36-28-18-19-29-30(25-28)38-33-31(29)27-16-14-26(15-17-27)13-12-20-34(5)6/h14-19,25H,9-11,20-24H2,1-8H3. The van der Waals surface area contributed by atoms with Gasteiger partial charge in [0.25, 0.3) is 0 Å². The molecule has 1 aromatic heterocycles. The van der Waals surface area contributed by atoms with Crippen LogP contribution < -0.4 is 4.74 Å². The molecule has 0 aliphatic carbocycles. The number of rotatable bonds is 13. The third-order valence-corrected chi connectivity index (χ3v) is 12.8. The lowest BCUT2D eigenvalue weighted by Crippen LogP contribution is -2.42. The Balaban J connectivity index is 1.45. The average Bonchev–Trinajstić information content (AvgIpc) is 3.30. The van der Waals surface area contributed by atoms with Crippen LogP contribution in [0.15, 0.2) is 42.5 Å². The topological polar surface area (TPSA) is 37.8 Å². The van der Waals surface area contributed by atoms with E-state index in [-0.39, 0.29) is 5.04 Å². The summed E-state index contributed by atoms with van der Waals surface area (Å²) in [5.74, 6) is 7.32. The van der Waals surface area contributed by atoms with Crippen molar-refractivity contribution in [3.05, 3.63) is 48.0 Å². The van der Waals surface area contributed by atoms with Gasteiger partial charge < -0.3 is 14.1 Å². The zero-order valence-corrected chi connectivity index (χ0v) is 27.1. The van der Waals surface area contributed by atoms with Gasteiger partial charge in [-0.3, -0.25) is 4.90 Å². The number of ether oxygens (including phenoxy) is 1. The molecule has 0 spiro atoms.